The van der Waals surface area contributed by atoms with E-state index in [-0.39, 0.29) is 5.91 Å². The van der Waals surface area contributed by atoms with E-state index >= 15 is 0 Å². The molecule has 2 heterocycles. The molecule has 4 heteroatoms. The van der Waals surface area contributed by atoms with Crippen LogP contribution in [0.1, 0.15) is 50.5 Å². The van der Waals surface area contributed by atoms with Gasteiger partial charge in [-0.1, -0.05) is 13.8 Å². The number of amides is 1. The Bertz CT molecular complexity index is 471. The summed E-state index contributed by atoms with van der Waals surface area (Å²) in [6, 6.07) is 3.74. The van der Waals surface area contributed by atoms with Crippen LogP contribution < -0.4 is 5.32 Å². The molecule has 1 aromatic rings. The van der Waals surface area contributed by atoms with Crippen LogP contribution in [0.2, 0.25) is 0 Å². The molecule has 0 aliphatic carbocycles. The van der Waals surface area contributed by atoms with Crippen LogP contribution in [0.15, 0.2) is 18.3 Å². The van der Waals surface area contributed by atoms with E-state index in [9.17, 15) is 4.79 Å². The van der Waals surface area contributed by atoms with E-state index in [2.05, 4.69) is 24.1 Å². The third-order valence-corrected chi connectivity index (χ3v) is 3.99. The summed E-state index contributed by atoms with van der Waals surface area (Å²) < 4.78 is 0. The summed E-state index contributed by atoms with van der Waals surface area (Å²) in [5.74, 6) is 0.0578. The molecule has 0 unspecified atom stereocenters. The number of hydrogen-bond donors (Lipinski definition) is 1. The number of nitrogens with zero attached hydrogens (tertiary/aromatic N) is 2. The highest BCUT2D eigenvalue weighted by molar-refractivity contribution is 5.93. The first-order valence-electron chi connectivity index (χ1n) is 7.51. The molecule has 2 rings (SSSR count). The predicted octanol–water partition coefficient (Wildman–Crippen LogP) is 3.17. The fourth-order valence-electron chi connectivity index (χ4n) is 2.65. The number of likely N-dealkylation sites (tertiary alicyclic amines) is 1. The first-order chi connectivity index (χ1) is 9.52. The van der Waals surface area contributed by atoms with Crippen LogP contribution >= 0.6 is 0 Å². The Labute approximate surface area is 121 Å². The first kappa shape index (κ1) is 14.8. The Morgan fingerprint density at radius 1 is 1.40 bits per heavy atom. The average Bonchev–Trinajstić information content (AvgIpc) is 2.60. The summed E-state index contributed by atoms with van der Waals surface area (Å²) in [4.78, 5) is 18.7. The number of pyridine rings is 1. The lowest BCUT2D eigenvalue weighted by atomic mass is 9.85. The number of anilines is 1. The smallest absolute Gasteiger partial charge is 0.272 e. The molecule has 0 spiro atoms. The zero-order chi connectivity index (χ0) is 14.6. The lowest BCUT2D eigenvalue weighted by molar-refractivity contribution is 0.0751. The van der Waals surface area contributed by atoms with E-state index < -0.39 is 0 Å². The molecule has 0 saturated carbocycles. The third-order valence-electron chi connectivity index (χ3n) is 3.99. The van der Waals surface area contributed by atoms with E-state index in [1.165, 1.54) is 6.42 Å². The van der Waals surface area contributed by atoms with Gasteiger partial charge in [0.05, 0.1) is 0 Å². The fourth-order valence-corrected chi connectivity index (χ4v) is 2.65. The Balaban J connectivity index is 2.08. The molecule has 1 aliphatic heterocycles. The molecule has 1 aromatic heterocycles. The lowest BCUT2D eigenvalue weighted by Gasteiger charge is -2.23. The molecule has 4 nitrogen and oxygen atoms in total. The number of carbonyl (C=O) groups is 1. The number of nitrogens with one attached hydrogen (secondary N) is 1. The van der Waals surface area contributed by atoms with E-state index in [0.717, 1.165) is 38.2 Å². The second kappa shape index (κ2) is 6.25. The van der Waals surface area contributed by atoms with Crippen LogP contribution in [0.25, 0.3) is 0 Å². The van der Waals surface area contributed by atoms with Crippen LogP contribution in [0, 0.1) is 5.41 Å². The van der Waals surface area contributed by atoms with Gasteiger partial charge in [0.15, 0.2) is 0 Å². The van der Waals surface area contributed by atoms with Crippen molar-refractivity contribution in [2.45, 2.75) is 40.0 Å². The van der Waals surface area contributed by atoms with Crippen molar-refractivity contribution in [3.63, 3.8) is 0 Å². The third kappa shape index (κ3) is 3.71. The van der Waals surface area contributed by atoms with Crippen molar-refractivity contribution in [2.75, 3.05) is 25.0 Å². The molecular weight excluding hydrogens is 250 g/mol. The average molecular weight is 275 g/mol. The summed E-state index contributed by atoms with van der Waals surface area (Å²) in [7, 11) is 0. The molecule has 0 radical (unpaired) electrons. The minimum absolute atomic E-state index is 0.0578. The van der Waals surface area contributed by atoms with Gasteiger partial charge in [-0.25, -0.2) is 0 Å². The Kier molecular flexibility index (Phi) is 4.63. The number of carbonyl (C=O) groups excluding carboxylic acids is 1. The topological polar surface area (TPSA) is 45.2 Å². The molecule has 1 amide bonds. The lowest BCUT2D eigenvalue weighted by Crippen LogP contribution is -2.33. The molecule has 20 heavy (non-hydrogen) atoms. The van der Waals surface area contributed by atoms with Gasteiger partial charge in [0, 0.05) is 31.5 Å². The van der Waals surface area contributed by atoms with Crippen LogP contribution in [0.4, 0.5) is 5.69 Å². The number of rotatable bonds is 3. The quantitative estimate of drug-likeness (QED) is 0.921. The summed E-state index contributed by atoms with van der Waals surface area (Å²) >= 11 is 0. The van der Waals surface area contributed by atoms with Gasteiger partial charge in [0.25, 0.3) is 5.91 Å². The molecule has 1 aliphatic rings. The van der Waals surface area contributed by atoms with E-state index in [1.54, 1.807) is 6.20 Å². The van der Waals surface area contributed by atoms with Crippen molar-refractivity contribution in [1.29, 1.82) is 0 Å². The van der Waals surface area contributed by atoms with E-state index in [1.807, 2.05) is 24.0 Å². The van der Waals surface area contributed by atoms with Gasteiger partial charge in [0.1, 0.15) is 5.69 Å². The maximum atomic E-state index is 12.6. The highest BCUT2D eigenvalue weighted by Crippen LogP contribution is 2.30. The summed E-state index contributed by atoms with van der Waals surface area (Å²) in [6.45, 7) is 9.12. The highest BCUT2D eigenvalue weighted by atomic mass is 16.2. The Morgan fingerprint density at radius 2 is 2.20 bits per heavy atom. The maximum Gasteiger partial charge on any atom is 0.272 e. The van der Waals surface area contributed by atoms with Gasteiger partial charge in [0.2, 0.25) is 0 Å². The zero-order valence-electron chi connectivity index (χ0n) is 12.8. The standard InChI is InChI=1S/C16H25N3O/c1-4-17-13-6-9-18-14(12-13)15(20)19-10-5-7-16(2,3)8-11-19/h6,9,12H,4-5,7-8,10-11H2,1-3H3,(H,17,18). The summed E-state index contributed by atoms with van der Waals surface area (Å²) in [6.07, 6.45) is 5.02. The van der Waals surface area contributed by atoms with Gasteiger partial charge in [-0.15, -0.1) is 0 Å². The van der Waals surface area contributed by atoms with Gasteiger partial charge in [-0.05, 0) is 43.7 Å². The molecular formula is C16H25N3O. The number of hydrogen-bond acceptors (Lipinski definition) is 3. The summed E-state index contributed by atoms with van der Waals surface area (Å²) in [5.41, 5.74) is 1.85. The molecule has 1 N–H and O–H groups in total. The molecule has 1 fully saturated rings. The predicted molar refractivity (Wildman–Crippen MR) is 81.9 cm³/mol. The molecule has 0 atom stereocenters. The van der Waals surface area contributed by atoms with Crippen molar-refractivity contribution < 1.29 is 4.79 Å². The maximum absolute atomic E-state index is 12.6. The molecule has 110 valence electrons. The number of aromatic nitrogens is 1. The minimum Gasteiger partial charge on any atom is -0.385 e. The van der Waals surface area contributed by atoms with Crippen molar-refractivity contribution in [3.8, 4) is 0 Å². The van der Waals surface area contributed by atoms with Gasteiger partial charge >= 0.3 is 0 Å². The van der Waals surface area contributed by atoms with Crippen LogP contribution in [-0.4, -0.2) is 35.4 Å². The second-order valence-corrected chi connectivity index (χ2v) is 6.27. The summed E-state index contributed by atoms with van der Waals surface area (Å²) in [5, 5.41) is 3.22. The second-order valence-electron chi connectivity index (χ2n) is 6.27. The van der Waals surface area contributed by atoms with Gasteiger partial charge < -0.3 is 10.2 Å². The van der Waals surface area contributed by atoms with E-state index in [4.69, 9.17) is 0 Å². The van der Waals surface area contributed by atoms with Crippen molar-refractivity contribution in [1.82, 2.24) is 9.88 Å². The van der Waals surface area contributed by atoms with Crippen molar-refractivity contribution in [3.05, 3.63) is 24.0 Å². The van der Waals surface area contributed by atoms with Crippen molar-refractivity contribution in [2.24, 2.45) is 5.41 Å². The molecule has 1 saturated heterocycles. The monoisotopic (exact) mass is 275 g/mol. The molecule has 0 bridgehead atoms. The van der Waals surface area contributed by atoms with Crippen LogP contribution in [0.5, 0.6) is 0 Å². The Morgan fingerprint density at radius 3 is 2.95 bits per heavy atom. The first-order valence-corrected chi connectivity index (χ1v) is 7.51. The molecule has 0 aromatic carbocycles. The van der Waals surface area contributed by atoms with Crippen LogP contribution in [-0.2, 0) is 0 Å². The van der Waals surface area contributed by atoms with Gasteiger partial charge in [-0.2, -0.15) is 0 Å². The normalized spacial score (nSPS) is 18.4. The van der Waals surface area contributed by atoms with Gasteiger partial charge in [-0.3, -0.25) is 9.78 Å². The fraction of sp³-hybridized carbons (Fsp3) is 0.625. The minimum atomic E-state index is 0.0578. The SMILES string of the molecule is CCNc1ccnc(C(=O)N2CCCC(C)(C)CC2)c1. The highest BCUT2D eigenvalue weighted by Gasteiger charge is 2.26. The van der Waals surface area contributed by atoms with Crippen molar-refractivity contribution >= 4 is 11.6 Å². The largest absolute Gasteiger partial charge is 0.385 e. The van der Waals surface area contributed by atoms with E-state index in [0.29, 0.717) is 11.1 Å². The Hall–Kier alpha value is -1.58. The van der Waals surface area contributed by atoms with Crippen LogP contribution in [0.3, 0.4) is 0 Å². The zero-order valence-corrected chi connectivity index (χ0v) is 12.8.